The molecule has 0 aliphatic rings. The van der Waals surface area contributed by atoms with E-state index in [2.05, 4.69) is 10.7 Å². The molecule has 0 heterocycles. The zero-order valence-electron chi connectivity index (χ0n) is 11.8. The average Bonchev–Trinajstić information content (AvgIpc) is 2.08. The van der Waals surface area contributed by atoms with Crippen LogP contribution in [0.5, 0.6) is 0 Å². The molecule has 2 amide bonds. The summed E-state index contributed by atoms with van der Waals surface area (Å²) < 4.78 is 4.71. The highest BCUT2D eigenvalue weighted by Gasteiger charge is 2.25. The van der Waals surface area contributed by atoms with Gasteiger partial charge < -0.3 is 20.3 Å². The molecule has 0 bridgehead atoms. The highest BCUT2D eigenvalue weighted by molar-refractivity contribution is 5.73. The predicted molar refractivity (Wildman–Crippen MR) is 67.7 cm³/mol. The highest BCUT2D eigenvalue weighted by atomic mass is 16.5. The standard InChI is InChI=1S/C11H25N3O4/c1-10(2,16)6-14(7-11(3,4)17)13-9(15)12-8-18-5/h16-17H,6-8H2,1-5H3,(H2,12,13,15). The summed E-state index contributed by atoms with van der Waals surface area (Å²) in [7, 11) is 1.46. The number of urea groups is 1. The molecule has 0 atom stereocenters. The van der Waals surface area contributed by atoms with Gasteiger partial charge in [-0.15, -0.1) is 0 Å². The molecule has 18 heavy (non-hydrogen) atoms. The summed E-state index contributed by atoms with van der Waals surface area (Å²) in [6.07, 6.45) is 0. The Morgan fingerprint density at radius 1 is 1.17 bits per heavy atom. The quantitative estimate of drug-likeness (QED) is 0.372. The molecule has 0 aliphatic heterocycles. The number of nitrogens with one attached hydrogen (secondary N) is 2. The summed E-state index contributed by atoms with van der Waals surface area (Å²) in [5.74, 6) is 0. The Labute approximate surface area is 108 Å². The first-order chi connectivity index (χ1) is 8.03. The van der Waals surface area contributed by atoms with Gasteiger partial charge in [-0.2, -0.15) is 0 Å². The van der Waals surface area contributed by atoms with Crippen molar-refractivity contribution in [2.24, 2.45) is 0 Å². The molecule has 108 valence electrons. The van der Waals surface area contributed by atoms with Gasteiger partial charge in [0.25, 0.3) is 0 Å². The molecule has 0 spiro atoms. The Hall–Kier alpha value is -0.890. The van der Waals surface area contributed by atoms with Crippen LogP contribution in [0.25, 0.3) is 0 Å². The van der Waals surface area contributed by atoms with Gasteiger partial charge >= 0.3 is 6.03 Å². The van der Waals surface area contributed by atoms with Gasteiger partial charge in [0.15, 0.2) is 0 Å². The van der Waals surface area contributed by atoms with Crippen molar-refractivity contribution in [3.8, 4) is 0 Å². The number of hydrogen-bond acceptors (Lipinski definition) is 5. The number of carbonyl (C=O) groups excluding carboxylic acids is 1. The minimum atomic E-state index is -0.986. The number of carbonyl (C=O) groups is 1. The normalized spacial score (nSPS) is 12.7. The summed E-state index contributed by atoms with van der Waals surface area (Å²) in [6, 6.07) is -0.453. The van der Waals surface area contributed by atoms with Crippen molar-refractivity contribution in [1.82, 2.24) is 15.8 Å². The fourth-order valence-electron chi connectivity index (χ4n) is 1.39. The van der Waals surface area contributed by atoms with Gasteiger partial charge in [-0.25, -0.2) is 9.80 Å². The van der Waals surface area contributed by atoms with Gasteiger partial charge in [0.1, 0.15) is 6.73 Å². The largest absolute Gasteiger partial charge is 0.389 e. The molecule has 0 rings (SSSR count). The van der Waals surface area contributed by atoms with E-state index in [1.54, 1.807) is 27.7 Å². The van der Waals surface area contributed by atoms with E-state index in [0.29, 0.717) is 0 Å². The van der Waals surface area contributed by atoms with E-state index in [1.807, 2.05) is 0 Å². The van der Waals surface area contributed by atoms with Crippen LogP contribution in [0.15, 0.2) is 0 Å². The SMILES string of the molecule is COCNC(=O)NN(CC(C)(C)O)CC(C)(C)O. The summed E-state index contributed by atoms with van der Waals surface area (Å²) >= 11 is 0. The summed E-state index contributed by atoms with van der Waals surface area (Å²) in [5, 5.41) is 23.4. The Balaban J connectivity index is 4.43. The zero-order valence-corrected chi connectivity index (χ0v) is 11.8. The van der Waals surface area contributed by atoms with Crippen molar-refractivity contribution in [1.29, 1.82) is 0 Å². The van der Waals surface area contributed by atoms with E-state index >= 15 is 0 Å². The molecule has 0 saturated carbocycles. The van der Waals surface area contributed by atoms with Gasteiger partial charge in [-0.05, 0) is 27.7 Å². The molecule has 0 fully saturated rings. The van der Waals surface area contributed by atoms with Gasteiger partial charge in [-0.1, -0.05) is 0 Å². The number of ether oxygens (including phenoxy) is 1. The Morgan fingerprint density at radius 3 is 1.94 bits per heavy atom. The molecule has 0 radical (unpaired) electrons. The Bertz CT molecular complexity index is 242. The van der Waals surface area contributed by atoms with Crippen LogP contribution in [0.2, 0.25) is 0 Å². The van der Waals surface area contributed by atoms with E-state index in [0.717, 1.165) is 0 Å². The molecule has 0 saturated heterocycles. The second kappa shape index (κ2) is 6.89. The molecular formula is C11H25N3O4. The monoisotopic (exact) mass is 263 g/mol. The van der Waals surface area contributed by atoms with Crippen LogP contribution in [0.1, 0.15) is 27.7 Å². The second-order valence-corrected chi connectivity index (χ2v) is 5.53. The first-order valence-corrected chi connectivity index (χ1v) is 5.76. The second-order valence-electron chi connectivity index (χ2n) is 5.53. The third kappa shape index (κ3) is 10.3. The molecule has 7 heteroatoms. The number of amides is 2. The van der Waals surface area contributed by atoms with Crippen molar-refractivity contribution in [3.63, 3.8) is 0 Å². The molecule has 4 N–H and O–H groups in total. The van der Waals surface area contributed by atoms with Crippen molar-refractivity contribution in [2.45, 2.75) is 38.9 Å². The van der Waals surface area contributed by atoms with Gasteiger partial charge in [0.05, 0.1) is 11.2 Å². The van der Waals surface area contributed by atoms with E-state index in [-0.39, 0.29) is 19.8 Å². The number of nitrogens with zero attached hydrogens (tertiary/aromatic N) is 1. The van der Waals surface area contributed by atoms with Crippen LogP contribution >= 0.6 is 0 Å². The van der Waals surface area contributed by atoms with Crippen LogP contribution in [-0.2, 0) is 4.74 Å². The van der Waals surface area contributed by atoms with Crippen LogP contribution < -0.4 is 10.7 Å². The van der Waals surface area contributed by atoms with Crippen LogP contribution in [0.4, 0.5) is 4.79 Å². The summed E-state index contributed by atoms with van der Waals surface area (Å²) in [6.45, 7) is 6.97. The van der Waals surface area contributed by atoms with E-state index < -0.39 is 17.2 Å². The number of rotatable bonds is 7. The number of methoxy groups -OCH3 is 1. The first kappa shape index (κ1) is 17.1. The number of hydrogen-bond donors (Lipinski definition) is 4. The molecule has 0 unspecified atom stereocenters. The van der Waals surface area contributed by atoms with Crippen LogP contribution in [0, 0.1) is 0 Å². The zero-order chi connectivity index (χ0) is 14.4. The minimum Gasteiger partial charge on any atom is -0.389 e. The predicted octanol–water partition coefficient (Wildman–Crippen LogP) is -0.352. The molecule has 7 nitrogen and oxygen atoms in total. The lowest BCUT2D eigenvalue weighted by Crippen LogP contribution is -2.56. The Kier molecular flexibility index (Phi) is 6.55. The smallest absolute Gasteiger partial charge is 0.331 e. The third-order valence-electron chi connectivity index (χ3n) is 1.79. The maximum atomic E-state index is 11.5. The third-order valence-corrected chi connectivity index (χ3v) is 1.79. The van der Waals surface area contributed by atoms with Gasteiger partial charge in [-0.3, -0.25) is 5.43 Å². The Morgan fingerprint density at radius 2 is 1.61 bits per heavy atom. The highest BCUT2D eigenvalue weighted by Crippen LogP contribution is 2.08. The minimum absolute atomic E-state index is 0.0880. The lowest BCUT2D eigenvalue weighted by atomic mass is 10.1. The fourth-order valence-corrected chi connectivity index (χ4v) is 1.39. The molecule has 0 aromatic rings. The fraction of sp³-hybridized carbons (Fsp3) is 0.909. The van der Waals surface area contributed by atoms with Crippen molar-refractivity contribution in [3.05, 3.63) is 0 Å². The van der Waals surface area contributed by atoms with E-state index in [4.69, 9.17) is 4.74 Å². The average molecular weight is 263 g/mol. The maximum absolute atomic E-state index is 11.5. The molecule has 0 aliphatic carbocycles. The topological polar surface area (TPSA) is 94.1 Å². The lowest BCUT2D eigenvalue weighted by Gasteiger charge is -2.33. The number of aliphatic hydroxyl groups is 2. The molecular weight excluding hydrogens is 238 g/mol. The summed E-state index contributed by atoms with van der Waals surface area (Å²) in [4.78, 5) is 11.5. The molecule has 0 aromatic heterocycles. The van der Waals surface area contributed by atoms with Crippen molar-refractivity contribution in [2.75, 3.05) is 26.9 Å². The maximum Gasteiger partial charge on any atom is 0.331 e. The lowest BCUT2D eigenvalue weighted by molar-refractivity contribution is -0.0220. The van der Waals surface area contributed by atoms with Crippen LogP contribution in [-0.4, -0.2) is 59.4 Å². The van der Waals surface area contributed by atoms with Gasteiger partial charge in [0, 0.05) is 20.2 Å². The van der Waals surface area contributed by atoms with Crippen LogP contribution in [0.3, 0.4) is 0 Å². The summed E-state index contributed by atoms with van der Waals surface area (Å²) in [5.41, 5.74) is 0.576. The van der Waals surface area contributed by atoms with E-state index in [9.17, 15) is 15.0 Å². The van der Waals surface area contributed by atoms with Crippen molar-refractivity contribution >= 4 is 6.03 Å². The number of hydrazine groups is 1. The van der Waals surface area contributed by atoms with Crippen molar-refractivity contribution < 1.29 is 19.7 Å². The van der Waals surface area contributed by atoms with E-state index in [1.165, 1.54) is 12.1 Å². The van der Waals surface area contributed by atoms with Gasteiger partial charge in [0.2, 0.25) is 0 Å². The molecule has 0 aromatic carbocycles. The first-order valence-electron chi connectivity index (χ1n) is 5.76.